The summed E-state index contributed by atoms with van der Waals surface area (Å²) in [5.41, 5.74) is 1.71. The van der Waals surface area contributed by atoms with Crippen molar-refractivity contribution in [3.05, 3.63) is 35.9 Å². The van der Waals surface area contributed by atoms with Crippen molar-refractivity contribution in [2.24, 2.45) is 52.3 Å². The molecule has 36 heavy (non-hydrogen) atoms. The van der Waals surface area contributed by atoms with Crippen LogP contribution in [0.3, 0.4) is 0 Å². The molecule has 200 valence electrons. The SMILES string of the molecule is CC(C)CCCC(C)[C@@H]1CC[C@@H]2[C@@H]3CC[C@@H]4C[C@H](OC(=O)c5ccccc5)CC[C@]4(C)[C@@H]3CC[C@]21C. The molecule has 0 bridgehead atoms. The van der Waals surface area contributed by atoms with E-state index >= 15 is 0 Å². The summed E-state index contributed by atoms with van der Waals surface area (Å²) >= 11 is 0. The standard InChI is InChI=1S/C34H52O2/c1-23(2)10-9-11-24(3)29-16-17-30-28-15-14-26-22-27(36-32(35)25-12-7-6-8-13-25)18-20-33(26,4)31(28)19-21-34(29,30)5/h6-8,12-13,23-24,26-31H,9-11,14-22H2,1-5H3/t24?,26-,27-,28+,29+,30-,31-,33+,34+/m1/s1. The Labute approximate surface area is 221 Å². The molecule has 0 amide bonds. The Morgan fingerprint density at radius 3 is 2.36 bits per heavy atom. The minimum absolute atomic E-state index is 0.101. The molecule has 0 heterocycles. The molecule has 0 saturated heterocycles. The van der Waals surface area contributed by atoms with E-state index in [1.807, 2.05) is 30.3 Å². The molecule has 5 rings (SSSR count). The van der Waals surface area contributed by atoms with Crippen LogP contribution in [0.1, 0.15) is 122 Å². The Hall–Kier alpha value is -1.31. The van der Waals surface area contributed by atoms with Gasteiger partial charge < -0.3 is 4.74 Å². The molecular weight excluding hydrogens is 440 g/mol. The fraction of sp³-hybridized carbons (Fsp3) is 0.794. The first kappa shape index (κ1) is 26.3. The van der Waals surface area contributed by atoms with Crippen molar-refractivity contribution in [1.29, 1.82) is 0 Å². The quantitative estimate of drug-likeness (QED) is 0.354. The third-order valence-electron chi connectivity index (χ3n) is 12.1. The van der Waals surface area contributed by atoms with E-state index in [0.717, 1.165) is 54.3 Å². The fourth-order valence-electron chi connectivity index (χ4n) is 10.1. The predicted octanol–water partition coefficient (Wildman–Crippen LogP) is 9.33. The first-order valence-corrected chi connectivity index (χ1v) is 15.5. The van der Waals surface area contributed by atoms with Crippen LogP contribution in [0.5, 0.6) is 0 Å². The molecule has 4 aliphatic carbocycles. The zero-order chi connectivity index (χ0) is 25.5. The lowest BCUT2D eigenvalue weighted by molar-refractivity contribution is -0.130. The van der Waals surface area contributed by atoms with Crippen molar-refractivity contribution >= 4 is 5.97 Å². The van der Waals surface area contributed by atoms with Gasteiger partial charge in [0.25, 0.3) is 0 Å². The molecule has 4 fully saturated rings. The number of benzene rings is 1. The summed E-state index contributed by atoms with van der Waals surface area (Å²) in [6.45, 7) is 12.7. The summed E-state index contributed by atoms with van der Waals surface area (Å²) in [6, 6.07) is 9.55. The number of hydrogen-bond donors (Lipinski definition) is 0. The van der Waals surface area contributed by atoms with Crippen LogP contribution >= 0.6 is 0 Å². The third kappa shape index (κ3) is 4.80. The van der Waals surface area contributed by atoms with Crippen molar-refractivity contribution in [2.75, 3.05) is 0 Å². The molecule has 2 heteroatoms. The highest BCUT2D eigenvalue weighted by molar-refractivity contribution is 5.89. The molecule has 4 aliphatic rings. The summed E-state index contributed by atoms with van der Waals surface area (Å²) in [5, 5.41) is 0. The van der Waals surface area contributed by atoms with Gasteiger partial charge in [0.05, 0.1) is 5.56 Å². The maximum Gasteiger partial charge on any atom is 0.338 e. The molecule has 0 radical (unpaired) electrons. The van der Waals surface area contributed by atoms with Gasteiger partial charge in [-0.1, -0.05) is 72.1 Å². The van der Waals surface area contributed by atoms with Crippen LogP contribution < -0.4 is 0 Å². The van der Waals surface area contributed by atoms with Crippen LogP contribution in [-0.4, -0.2) is 12.1 Å². The summed E-state index contributed by atoms with van der Waals surface area (Å²) < 4.78 is 6.04. The maximum atomic E-state index is 12.7. The topological polar surface area (TPSA) is 26.3 Å². The molecule has 9 atom stereocenters. The number of carbonyl (C=O) groups is 1. The van der Waals surface area contributed by atoms with Crippen LogP contribution in [0.4, 0.5) is 0 Å². The van der Waals surface area contributed by atoms with E-state index in [0.29, 0.717) is 16.4 Å². The largest absolute Gasteiger partial charge is 0.459 e. The Bertz CT molecular complexity index is 892. The van der Waals surface area contributed by atoms with Crippen molar-refractivity contribution in [2.45, 2.75) is 118 Å². The molecule has 0 spiro atoms. The van der Waals surface area contributed by atoms with Gasteiger partial charge >= 0.3 is 5.97 Å². The highest BCUT2D eigenvalue weighted by Crippen LogP contribution is 2.68. The Kier molecular flexibility index (Phi) is 7.64. The molecule has 4 saturated carbocycles. The van der Waals surface area contributed by atoms with Gasteiger partial charge in [-0.25, -0.2) is 4.79 Å². The summed E-state index contributed by atoms with van der Waals surface area (Å²) in [6.07, 6.45) is 16.3. The third-order valence-corrected chi connectivity index (χ3v) is 12.1. The average molecular weight is 493 g/mol. The van der Waals surface area contributed by atoms with Gasteiger partial charge in [0.2, 0.25) is 0 Å². The van der Waals surface area contributed by atoms with Crippen LogP contribution in [0.2, 0.25) is 0 Å². The molecule has 1 aromatic carbocycles. The zero-order valence-electron chi connectivity index (χ0n) is 23.8. The Morgan fingerprint density at radius 2 is 1.61 bits per heavy atom. The van der Waals surface area contributed by atoms with Gasteiger partial charge in [-0.2, -0.15) is 0 Å². The minimum atomic E-state index is -0.133. The molecule has 1 unspecified atom stereocenters. The lowest BCUT2D eigenvalue weighted by Gasteiger charge is -2.61. The molecule has 2 nitrogen and oxygen atoms in total. The maximum absolute atomic E-state index is 12.7. The fourth-order valence-corrected chi connectivity index (χ4v) is 10.1. The van der Waals surface area contributed by atoms with Gasteiger partial charge in [0, 0.05) is 0 Å². The Morgan fingerprint density at radius 1 is 0.889 bits per heavy atom. The number of esters is 1. The highest BCUT2D eigenvalue weighted by Gasteiger charge is 2.60. The van der Waals surface area contributed by atoms with Gasteiger partial charge in [0.1, 0.15) is 6.10 Å². The highest BCUT2D eigenvalue weighted by atomic mass is 16.5. The van der Waals surface area contributed by atoms with Crippen molar-refractivity contribution in [1.82, 2.24) is 0 Å². The van der Waals surface area contributed by atoms with E-state index in [9.17, 15) is 4.79 Å². The summed E-state index contributed by atoms with van der Waals surface area (Å²) in [7, 11) is 0. The Balaban J connectivity index is 1.22. The van der Waals surface area contributed by atoms with Crippen LogP contribution in [0.25, 0.3) is 0 Å². The number of rotatable bonds is 7. The lowest BCUT2D eigenvalue weighted by atomic mass is 9.44. The van der Waals surface area contributed by atoms with E-state index in [1.165, 1.54) is 64.2 Å². The molecule has 0 aliphatic heterocycles. The second-order valence-corrected chi connectivity index (χ2v) is 14.4. The van der Waals surface area contributed by atoms with Gasteiger partial charge in [-0.3, -0.25) is 0 Å². The van der Waals surface area contributed by atoms with Crippen molar-refractivity contribution in [3.8, 4) is 0 Å². The minimum Gasteiger partial charge on any atom is -0.459 e. The number of fused-ring (bicyclic) bond motifs is 5. The van der Waals surface area contributed by atoms with Gasteiger partial charge in [0.15, 0.2) is 0 Å². The second-order valence-electron chi connectivity index (χ2n) is 14.4. The molecule has 1 aromatic rings. The monoisotopic (exact) mass is 492 g/mol. The predicted molar refractivity (Wildman–Crippen MR) is 149 cm³/mol. The summed E-state index contributed by atoms with van der Waals surface area (Å²) in [4.78, 5) is 12.7. The average Bonchev–Trinajstić information content (AvgIpc) is 3.22. The lowest BCUT2D eigenvalue weighted by Crippen LogP contribution is -2.54. The normalized spacial score (nSPS) is 40.7. The second kappa shape index (κ2) is 10.5. The first-order valence-electron chi connectivity index (χ1n) is 15.5. The van der Waals surface area contributed by atoms with Crippen LogP contribution in [0.15, 0.2) is 30.3 Å². The van der Waals surface area contributed by atoms with E-state index in [2.05, 4.69) is 34.6 Å². The first-order chi connectivity index (χ1) is 17.2. The van der Waals surface area contributed by atoms with Crippen molar-refractivity contribution in [3.63, 3.8) is 0 Å². The van der Waals surface area contributed by atoms with E-state index in [1.54, 1.807) is 0 Å². The van der Waals surface area contributed by atoms with Crippen LogP contribution in [0, 0.1) is 52.3 Å². The van der Waals surface area contributed by atoms with E-state index < -0.39 is 0 Å². The molecular formula is C34H52O2. The molecule has 0 N–H and O–H groups in total. The van der Waals surface area contributed by atoms with E-state index in [-0.39, 0.29) is 12.1 Å². The summed E-state index contributed by atoms with van der Waals surface area (Å²) in [5.74, 6) is 6.01. The molecule has 0 aromatic heterocycles. The van der Waals surface area contributed by atoms with Crippen molar-refractivity contribution < 1.29 is 9.53 Å². The number of carbonyl (C=O) groups excluding carboxylic acids is 1. The van der Waals surface area contributed by atoms with Crippen LogP contribution in [-0.2, 0) is 4.74 Å². The van der Waals surface area contributed by atoms with Gasteiger partial charge in [-0.05, 0) is 122 Å². The van der Waals surface area contributed by atoms with E-state index in [4.69, 9.17) is 4.74 Å². The number of hydrogen-bond acceptors (Lipinski definition) is 2. The number of ether oxygens (including phenoxy) is 1. The van der Waals surface area contributed by atoms with Gasteiger partial charge in [-0.15, -0.1) is 0 Å². The zero-order valence-corrected chi connectivity index (χ0v) is 23.8. The smallest absolute Gasteiger partial charge is 0.338 e.